The zero-order valence-electron chi connectivity index (χ0n) is 11.5. The van der Waals surface area contributed by atoms with Gasteiger partial charge in [0.25, 0.3) is 0 Å². The van der Waals surface area contributed by atoms with Crippen molar-refractivity contribution in [2.24, 2.45) is 5.92 Å². The summed E-state index contributed by atoms with van der Waals surface area (Å²) in [6.07, 6.45) is 7.68. The maximum absolute atomic E-state index is 4.31. The van der Waals surface area contributed by atoms with E-state index in [9.17, 15) is 0 Å². The van der Waals surface area contributed by atoms with Crippen molar-refractivity contribution in [2.75, 3.05) is 6.54 Å². The Labute approximate surface area is 105 Å². The first-order valence-corrected chi connectivity index (χ1v) is 6.81. The quantitative estimate of drug-likeness (QED) is 0.869. The molecule has 2 rings (SSSR count). The molecule has 2 heterocycles. The maximum atomic E-state index is 4.31. The Balaban J connectivity index is 2.21. The molecule has 1 aliphatic heterocycles. The lowest BCUT2D eigenvalue weighted by atomic mass is 9.81. The van der Waals surface area contributed by atoms with Crippen LogP contribution in [-0.2, 0) is 6.42 Å². The second-order valence-corrected chi connectivity index (χ2v) is 5.90. The topological polar surface area (TPSA) is 29.9 Å². The van der Waals surface area contributed by atoms with Crippen LogP contribution >= 0.6 is 0 Å². The van der Waals surface area contributed by atoms with E-state index in [1.54, 1.807) is 0 Å². The molecule has 17 heavy (non-hydrogen) atoms. The van der Waals surface area contributed by atoms with Crippen LogP contribution in [0.5, 0.6) is 0 Å². The highest BCUT2D eigenvalue weighted by atomic mass is 15.1. The molecular weight excluding hydrogens is 210 g/mol. The number of nitrogens with one attached hydrogen (secondary N) is 1. The summed E-state index contributed by atoms with van der Waals surface area (Å²) in [6, 6.07) is 0.498. The highest BCUT2D eigenvalue weighted by Gasteiger charge is 2.37. The molecule has 0 aromatic carbocycles. The van der Waals surface area contributed by atoms with Gasteiger partial charge < -0.3 is 9.88 Å². The van der Waals surface area contributed by atoms with Gasteiger partial charge in [-0.15, -0.1) is 0 Å². The molecule has 1 aromatic heterocycles. The van der Waals surface area contributed by atoms with Gasteiger partial charge in [-0.1, -0.05) is 13.8 Å². The van der Waals surface area contributed by atoms with Crippen LogP contribution in [0.25, 0.3) is 0 Å². The van der Waals surface area contributed by atoms with Gasteiger partial charge in [0.2, 0.25) is 0 Å². The summed E-state index contributed by atoms with van der Waals surface area (Å²) >= 11 is 0. The normalized spacial score (nSPS) is 25.1. The molecule has 1 aliphatic rings. The molecular formula is C14H25N3. The van der Waals surface area contributed by atoms with Gasteiger partial charge in [-0.3, -0.25) is 0 Å². The van der Waals surface area contributed by atoms with E-state index < -0.39 is 0 Å². The first-order valence-electron chi connectivity index (χ1n) is 6.81. The largest absolute Gasteiger partial charge is 0.332 e. The van der Waals surface area contributed by atoms with Crippen LogP contribution in [0.4, 0.5) is 0 Å². The van der Waals surface area contributed by atoms with Gasteiger partial charge in [-0.2, -0.15) is 0 Å². The van der Waals surface area contributed by atoms with Gasteiger partial charge in [0.05, 0.1) is 6.33 Å². The van der Waals surface area contributed by atoms with Crippen molar-refractivity contribution >= 4 is 0 Å². The van der Waals surface area contributed by atoms with E-state index in [4.69, 9.17) is 0 Å². The van der Waals surface area contributed by atoms with E-state index in [0.29, 0.717) is 12.0 Å². The van der Waals surface area contributed by atoms with E-state index in [1.165, 1.54) is 18.5 Å². The van der Waals surface area contributed by atoms with Crippen molar-refractivity contribution in [2.45, 2.75) is 58.5 Å². The van der Waals surface area contributed by atoms with Crippen molar-refractivity contribution in [1.29, 1.82) is 0 Å². The summed E-state index contributed by atoms with van der Waals surface area (Å²) in [7, 11) is 0. The Kier molecular flexibility index (Phi) is 3.57. The lowest BCUT2D eigenvalue weighted by molar-refractivity contribution is 0.263. The Morgan fingerprint density at radius 3 is 2.71 bits per heavy atom. The maximum Gasteiger partial charge on any atom is 0.0950 e. The Bertz CT molecular complexity index is 359. The molecule has 1 atom stereocenters. The van der Waals surface area contributed by atoms with Gasteiger partial charge in [-0.25, -0.2) is 4.98 Å². The fraction of sp³-hybridized carbons (Fsp3) is 0.786. The van der Waals surface area contributed by atoms with E-state index in [-0.39, 0.29) is 5.54 Å². The second kappa shape index (κ2) is 4.81. The summed E-state index contributed by atoms with van der Waals surface area (Å²) in [5.41, 5.74) is 1.65. The van der Waals surface area contributed by atoms with Gasteiger partial charge in [0, 0.05) is 29.9 Å². The van der Waals surface area contributed by atoms with Crippen LogP contribution in [0.3, 0.4) is 0 Å². The number of rotatable bonds is 4. The minimum absolute atomic E-state index is 0.284. The van der Waals surface area contributed by atoms with Crippen LogP contribution in [0.15, 0.2) is 12.5 Å². The number of aromatic nitrogens is 2. The van der Waals surface area contributed by atoms with E-state index in [1.807, 2.05) is 12.5 Å². The number of hydrogen-bond acceptors (Lipinski definition) is 2. The minimum atomic E-state index is 0.284. The third-order valence-electron chi connectivity index (χ3n) is 4.18. The lowest BCUT2D eigenvalue weighted by Crippen LogP contribution is -2.47. The standard InChI is InChI=1S/C14H25N3/c1-11(2)14(6-5-7-16-14)8-13-9-15-10-17(13)12(3)4/h9-12,16H,5-8H2,1-4H3. The highest BCUT2D eigenvalue weighted by molar-refractivity contribution is 5.10. The van der Waals surface area contributed by atoms with Crippen LogP contribution < -0.4 is 5.32 Å². The smallest absolute Gasteiger partial charge is 0.0950 e. The Morgan fingerprint density at radius 1 is 1.41 bits per heavy atom. The van der Waals surface area contributed by atoms with E-state index in [0.717, 1.165) is 13.0 Å². The fourth-order valence-electron chi connectivity index (χ4n) is 2.93. The van der Waals surface area contributed by atoms with Gasteiger partial charge >= 0.3 is 0 Å². The van der Waals surface area contributed by atoms with Gasteiger partial charge in [0.15, 0.2) is 0 Å². The summed E-state index contributed by atoms with van der Waals surface area (Å²) in [5, 5.41) is 3.73. The molecule has 1 fully saturated rings. The van der Waals surface area contributed by atoms with Crippen LogP contribution in [-0.4, -0.2) is 21.6 Å². The molecule has 0 aliphatic carbocycles. The summed E-state index contributed by atoms with van der Waals surface area (Å²) in [4.78, 5) is 4.31. The Morgan fingerprint density at radius 2 is 2.18 bits per heavy atom. The molecule has 0 saturated carbocycles. The zero-order chi connectivity index (χ0) is 12.5. The van der Waals surface area contributed by atoms with Gasteiger partial charge in [0.1, 0.15) is 0 Å². The first kappa shape index (κ1) is 12.6. The molecule has 96 valence electrons. The van der Waals surface area contributed by atoms with Crippen LogP contribution in [0.1, 0.15) is 52.3 Å². The van der Waals surface area contributed by atoms with Crippen LogP contribution in [0, 0.1) is 5.92 Å². The molecule has 1 N–H and O–H groups in total. The Hall–Kier alpha value is -0.830. The second-order valence-electron chi connectivity index (χ2n) is 5.90. The first-order chi connectivity index (χ1) is 8.05. The molecule has 3 heteroatoms. The van der Waals surface area contributed by atoms with Crippen molar-refractivity contribution in [1.82, 2.24) is 14.9 Å². The lowest BCUT2D eigenvalue weighted by Gasteiger charge is -2.34. The average molecular weight is 235 g/mol. The average Bonchev–Trinajstić information content (AvgIpc) is 2.87. The fourth-order valence-corrected chi connectivity index (χ4v) is 2.93. The molecule has 0 amide bonds. The van der Waals surface area contributed by atoms with Crippen molar-refractivity contribution < 1.29 is 0 Å². The highest BCUT2D eigenvalue weighted by Crippen LogP contribution is 2.31. The summed E-state index contributed by atoms with van der Waals surface area (Å²) in [6.45, 7) is 10.3. The molecule has 1 unspecified atom stereocenters. The number of imidazole rings is 1. The molecule has 1 saturated heterocycles. The van der Waals surface area contributed by atoms with Crippen molar-refractivity contribution in [3.05, 3.63) is 18.2 Å². The zero-order valence-corrected chi connectivity index (χ0v) is 11.5. The van der Waals surface area contributed by atoms with Crippen molar-refractivity contribution in [3.8, 4) is 0 Å². The van der Waals surface area contributed by atoms with E-state index in [2.05, 4.69) is 42.6 Å². The third-order valence-corrected chi connectivity index (χ3v) is 4.18. The predicted octanol–water partition coefficient (Wildman–Crippen LogP) is 2.78. The summed E-state index contributed by atoms with van der Waals surface area (Å²) < 4.78 is 2.30. The number of nitrogens with zero attached hydrogens (tertiary/aromatic N) is 2. The van der Waals surface area contributed by atoms with E-state index >= 15 is 0 Å². The number of hydrogen-bond donors (Lipinski definition) is 1. The molecule has 0 spiro atoms. The molecule has 1 aromatic rings. The molecule has 0 radical (unpaired) electrons. The molecule has 0 bridgehead atoms. The predicted molar refractivity (Wildman–Crippen MR) is 71.1 cm³/mol. The van der Waals surface area contributed by atoms with Crippen molar-refractivity contribution in [3.63, 3.8) is 0 Å². The summed E-state index contributed by atoms with van der Waals surface area (Å²) in [5.74, 6) is 0.667. The van der Waals surface area contributed by atoms with Crippen LogP contribution in [0.2, 0.25) is 0 Å². The monoisotopic (exact) mass is 235 g/mol. The molecule has 3 nitrogen and oxygen atoms in total. The SMILES string of the molecule is CC(C)n1cncc1CC1(C(C)C)CCCN1. The third kappa shape index (κ3) is 2.39. The minimum Gasteiger partial charge on any atom is -0.332 e. The van der Waals surface area contributed by atoms with Gasteiger partial charge in [-0.05, 0) is 39.2 Å².